The Kier molecular flexibility index (Phi) is 3.87. The number of carbonyl (C=O) groups is 1. The minimum Gasteiger partial charge on any atom is -0.497 e. The quantitative estimate of drug-likeness (QED) is 0.770. The van der Waals surface area contributed by atoms with E-state index >= 15 is 0 Å². The van der Waals surface area contributed by atoms with Gasteiger partial charge in [-0.25, -0.2) is 4.79 Å². The predicted octanol–water partition coefficient (Wildman–Crippen LogP) is 3.89. The number of hydrogen-bond acceptors (Lipinski definition) is 3. The fraction of sp³-hybridized carbons (Fsp3) is 0.0588. The van der Waals surface area contributed by atoms with Crippen molar-refractivity contribution in [2.45, 2.75) is 0 Å². The zero-order valence-corrected chi connectivity index (χ0v) is 12.0. The number of pyridine rings is 1. The molecule has 2 aromatic carbocycles. The molecular formula is C17H15N3O2. The summed E-state index contributed by atoms with van der Waals surface area (Å²) in [6, 6.07) is 16.3. The third-order valence-electron chi connectivity index (χ3n) is 3.21. The maximum absolute atomic E-state index is 12.1. The minimum atomic E-state index is -0.327. The molecule has 0 saturated carbocycles. The lowest BCUT2D eigenvalue weighted by atomic mass is 10.2. The van der Waals surface area contributed by atoms with Crippen molar-refractivity contribution in [1.29, 1.82) is 0 Å². The molecule has 1 heterocycles. The molecule has 0 saturated heterocycles. The summed E-state index contributed by atoms with van der Waals surface area (Å²) < 4.78 is 5.13. The van der Waals surface area contributed by atoms with Crippen LogP contribution in [0, 0.1) is 0 Å². The van der Waals surface area contributed by atoms with Crippen LogP contribution in [0.2, 0.25) is 0 Å². The molecule has 2 amide bonds. The van der Waals surface area contributed by atoms with Crippen molar-refractivity contribution in [3.8, 4) is 5.75 Å². The van der Waals surface area contributed by atoms with Gasteiger partial charge in [-0.05, 0) is 24.3 Å². The third-order valence-corrected chi connectivity index (χ3v) is 3.21. The van der Waals surface area contributed by atoms with Gasteiger partial charge in [0.15, 0.2) is 0 Å². The van der Waals surface area contributed by atoms with Crippen molar-refractivity contribution in [1.82, 2.24) is 4.98 Å². The molecule has 5 nitrogen and oxygen atoms in total. The summed E-state index contributed by atoms with van der Waals surface area (Å²) in [6.45, 7) is 0. The van der Waals surface area contributed by atoms with Crippen LogP contribution in [0.3, 0.4) is 0 Å². The molecule has 3 aromatic rings. The van der Waals surface area contributed by atoms with E-state index in [1.54, 1.807) is 25.4 Å². The van der Waals surface area contributed by atoms with Gasteiger partial charge in [-0.3, -0.25) is 4.98 Å². The van der Waals surface area contributed by atoms with E-state index in [1.807, 2.05) is 42.5 Å². The van der Waals surface area contributed by atoms with Crippen molar-refractivity contribution >= 4 is 28.3 Å². The molecule has 0 unspecified atom stereocenters. The number of nitrogens with one attached hydrogen (secondary N) is 2. The second kappa shape index (κ2) is 6.13. The van der Waals surface area contributed by atoms with Crippen LogP contribution in [-0.4, -0.2) is 18.1 Å². The lowest BCUT2D eigenvalue weighted by Gasteiger charge is -2.10. The summed E-state index contributed by atoms with van der Waals surface area (Å²) in [5.41, 5.74) is 2.08. The van der Waals surface area contributed by atoms with Crippen LogP contribution in [-0.2, 0) is 0 Å². The second-order valence-corrected chi connectivity index (χ2v) is 4.69. The monoisotopic (exact) mass is 293 g/mol. The Labute approximate surface area is 127 Å². The third kappa shape index (κ3) is 2.98. The van der Waals surface area contributed by atoms with Crippen molar-refractivity contribution in [3.63, 3.8) is 0 Å². The van der Waals surface area contributed by atoms with E-state index in [4.69, 9.17) is 4.74 Å². The largest absolute Gasteiger partial charge is 0.497 e. The van der Waals surface area contributed by atoms with Crippen molar-refractivity contribution < 1.29 is 9.53 Å². The van der Waals surface area contributed by atoms with Gasteiger partial charge in [-0.2, -0.15) is 0 Å². The topological polar surface area (TPSA) is 63.2 Å². The molecule has 0 fully saturated rings. The molecule has 0 aliphatic rings. The summed E-state index contributed by atoms with van der Waals surface area (Å²) in [7, 11) is 1.58. The number of nitrogens with zero attached hydrogens (tertiary/aromatic N) is 1. The average Bonchev–Trinajstić information content (AvgIpc) is 2.55. The van der Waals surface area contributed by atoms with E-state index < -0.39 is 0 Å². The number of para-hydroxylation sites is 1. The van der Waals surface area contributed by atoms with Gasteiger partial charge in [-0.15, -0.1) is 0 Å². The number of fused-ring (bicyclic) bond motifs is 1. The Morgan fingerprint density at radius 2 is 1.86 bits per heavy atom. The highest BCUT2D eigenvalue weighted by molar-refractivity contribution is 6.05. The van der Waals surface area contributed by atoms with Crippen LogP contribution in [0.15, 0.2) is 60.8 Å². The summed E-state index contributed by atoms with van der Waals surface area (Å²) in [6.07, 6.45) is 1.70. The standard InChI is InChI=1S/C17H15N3O2/c1-22-14-8-3-7-13(11-14)19-17(21)20-15-9-2-5-12-6-4-10-18-16(12)15/h2-11H,1H3,(H2,19,20,21). The van der Waals surface area contributed by atoms with Crippen molar-refractivity contribution in [2.75, 3.05) is 17.7 Å². The number of urea groups is 1. The van der Waals surface area contributed by atoms with Gasteiger partial charge in [0.25, 0.3) is 0 Å². The zero-order valence-electron chi connectivity index (χ0n) is 12.0. The van der Waals surface area contributed by atoms with E-state index in [0.29, 0.717) is 17.1 Å². The van der Waals surface area contributed by atoms with Crippen LogP contribution in [0.25, 0.3) is 10.9 Å². The number of anilines is 2. The molecule has 0 spiro atoms. The summed E-state index contributed by atoms with van der Waals surface area (Å²) in [4.78, 5) is 16.4. The number of aromatic nitrogens is 1. The van der Waals surface area contributed by atoms with Crippen molar-refractivity contribution in [3.05, 3.63) is 60.8 Å². The van der Waals surface area contributed by atoms with Gasteiger partial charge >= 0.3 is 6.03 Å². The highest BCUT2D eigenvalue weighted by atomic mass is 16.5. The zero-order chi connectivity index (χ0) is 15.4. The normalized spacial score (nSPS) is 10.2. The molecule has 0 bridgehead atoms. The number of benzene rings is 2. The van der Waals surface area contributed by atoms with Crippen LogP contribution < -0.4 is 15.4 Å². The van der Waals surface area contributed by atoms with Crippen molar-refractivity contribution in [2.24, 2.45) is 0 Å². The highest BCUT2D eigenvalue weighted by Gasteiger charge is 2.07. The van der Waals surface area contributed by atoms with E-state index in [-0.39, 0.29) is 6.03 Å². The minimum absolute atomic E-state index is 0.327. The number of amides is 2. The number of carbonyl (C=O) groups excluding carboxylic acids is 1. The Bertz CT molecular complexity index is 812. The first-order valence-corrected chi connectivity index (χ1v) is 6.82. The van der Waals surface area contributed by atoms with Gasteiger partial charge in [0.05, 0.1) is 18.3 Å². The molecule has 3 rings (SSSR count). The van der Waals surface area contributed by atoms with Crippen LogP contribution in [0.1, 0.15) is 0 Å². The van der Waals surface area contributed by atoms with E-state index in [9.17, 15) is 4.79 Å². The molecule has 0 radical (unpaired) electrons. The number of ether oxygens (including phenoxy) is 1. The van der Waals surface area contributed by atoms with E-state index in [1.165, 1.54) is 0 Å². The van der Waals surface area contributed by atoms with Crippen LogP contribution in [0.5, 0.6) is 5.75 Å². The highest BCUT2D eigenvalue weighted by Crippen LogP contribution is 2.21. The predicted molar refractivity (Wildman–Crippen MR) is 87.4 cm³/mol. The molecule has 5 heteroatoms. The van der Waals surface area contributed by atoms with Crippen LogP contribution >= 0.6 is 0 Å². The second-order valence-electron chi connectivity index (χ2n) is 4.69. The summed E-state index contributed by atoms with van der Waals surface area (Å²) >= 11 is 0. The number of methoxy groups -OCH3 is 1. The smallest absolute Gasteiger partial charge is 0.323 e. The maximum atomic E-state index is 12.1. The maximum Gasteiger partial charge on any atom is 0.323 e. The van der Waals surface area contributed by atoms with Gasteiger partial charge in [0.1, 0.15) is 5.75 Å². The van der Waals surface area contributed by atoms with E-state index in [2.05, 4.69) is 15.6 Å². The Hall–Kier alpha value is -3.08. The van der Waals surface area contributed by atoms with Gasteiger partial charge in [0, 0.05) is 23.3 Å². The molecule has 2 N–H and O–H groups in total. The van der Waals surface area contributed by atoms with Crippen LogP contribution in [0.4, 0.5) is 16.2 Å². The average molecular weight is 293 g/mol. The lowest BCUT2D eigenvalue weighted by Crippen LogP contribution is -2.19. The fourth-order valence-electron chi connectivity index (χ4n) is 2.19. The SMILES string of the molecule is COc1cccc(NC(=O)Nc2cccc3cccnc23)c1. The van der Waals surface area contributed by atoms with Gasteiger partial charge < -0.3 is 15.4 Å². The molecule has 0 aliphatic carbocycles. The fourth-order valence-corrected chi connectivity index (χ4v) is 2.19. The molecule has 0 atom stereocenters. The summed E-state index contributed by atoms with van der Waals surface area (Å²) in [5.74, 6) is 0.685. The van der Waals surface area contributed by atoms with Gasteiger partial charge in [-0.1, -0.05) is 24.3 Å². The Morgan fingerprint density at radius 3 is 2.73 bits per heavy atom. The first kappa shape index (κ1) is 13.9. The van der Waals surface area contributed by atoms with Gasteiger partial charge in [0.2, 0.25) is 0 Å². The van der Waals surface area contributed by atoms with E-state index in [0.717, 1.165) is 10.9 Å². The number of hydrogen-bond donors (Lipinski definition) is 2. The number of rotatable bonds is 3. The first-order valence-electron chi connectivity index (χ1n) is 6.82. The first-order chi connectivity index (χ1) is 10.8. The molecule has 1 aromatic heterocycles. The molecule has 0 aliphatic heterocycles. The Balaban J connectivity index is 1.78. The lowest BCUT2D eigenvalue weighted by molar-refractivity contribution is 0.262. The molecular weight excluding hydrogens is 278 g/mol. The molecule has 22 heavy (non-hydrogen) atoms. The Morgan fingerprint density at radius 1 is 1.05 bits per heavy atom. The summed E-state index contributed by atoms with van der Waals surface area (Å²) in [5, 5.41) is 6.56. The molecule has 110 valence electrons.